The highest BCUT2D eigenvalue weighted by atomic mass is 16.6. The molecule has 220 valence electrons. The zero-order valence-electron chi connectivity index (χ0n) is 22.8. The molecule has 2 aromatic carbocycles. The molecule has 2 bridgehead atoms. The fraction of sp³-hybridized carbons (Fsp3) is 0.323. The minimum atomic E-state index is -2.98. The summed E-state index contributed by atoms with van der Waals surface area (Å²) in [5.74, 6) is -9.20. The van der Waals surface area contributed by atoms with Crippen LogP contribution in [0.4, 0.5) is 0 Å². The average molecular weight is 589 g/mol. The van der Waals surface area contributed by atoms with Gasteiger partial charge in [0.25, 0.3) is 5.60 Å². The maximum atomic E-state index is 14.2. The summed E-state index contributed by atoms with van der Waals surface area (Å²) in [6.45, 7) is 1.59. The summed E-state index contributed by atoms with van der Waals surface area (Å²) >= 11 is 0. The number of aliphatic hydroxyl groups excluding tert-OH is 2. The van der Waals surface area contributed by atoms with E-state index in [1.54, 1.807) is 6.92 Å². The van der Waals surface area contributed by atoms with Crippen molar-refractivity contribution in [1.82, 2.24) is 0 Å². The molecule has 5 N–H and O–H groups in total. The van der Waals surface area contributed by atoms with Crippen molar-refractivity contribution >= 4 is 34.9 Å². The van der Waals surface area contributed by atoms with E-state index in [2.05, 4.69) is 0 Å². The Hall–Kier alpha value is -4.81. The number of fused-ring (bicyclic) bond motifs is 3. The minimum Gasteiger partial charge on any atom is -0.507 e. The van der Waals surface area contributed by atoms with Crippen LogP contribution in [0.5, 0.6) is 17.2 Å². The Bertz CT molecular complexity index is 1850. The van der Waals surface area contributed by atoms with E-state index in [1.807, 2.05) is 0 Å². The number of phenols is 2. The van der Waals surface area contributed by atoms with Gasteiger partial charge in [-0.05, 0) is 49.1 Å². The number of benzene rings is 2. The normalized spacial score (nSPS) is 31.8. The second-order valence-corrected chi connectivity index (χ2v) is 11.6. The standard InChI is InChI=1S/C31H24O12/c1-11-7-14-20(16(33)8-11)27(39)31(41)26(38)13-5-6-29(31,25(14)37)10-12-9-17(34)21-23(36)22-15(32)3-4-18(35)30(22,28(40)42-2)43-24(21)19(12)13/h5-9,13,18,33-36,41H,3-4,10H2,1-2H3/t13-,18-,29+,30+,31+/m0/s1. The highest BCUT2D eigenvalue weighted by molar-refractivity contribution is 6.32. The molecule has 1 heterocycles. The molecule has 0 radical (unpaired) electrons. The SMILES string of the molecule is COC(=O)[C@]12Oc3c(c(O)cc4c3[C@@H]3C=C[C@@]5(C4)C(=O)c4cc(C)cc(O)c4C(=O)[C@]5(O)C3=O)C(O)=C1C(=O)CC[C@@H]2O. The first kappa shape index (κ1) is 27.0. The number of aromatic hydroxyl groups is 2. The van der Waals surface area contributed by atoms with E-state index in [1.165, 1.54) is 24.3 Å². The first-order chi connectivity index (χ1) is 20.3. The van der Waals surface area contributed by atoms with Gasteiger partial charge in [-0.2, -0.15) is 0 Å². The summed E-state index contributed by atoms with van der Waals surface area (Å²) in [5.41, 5.74) is -9.09. The second kappa shape index (κ2) is 8.17. The third-order valence-corrected chi connectivity index (χ3v) is 9.48. The molecule has 2 aromatic rings. The Kier molecular flexibility index (Phi) is 5.14. The fourth-order valence-electron chi connectivity index (χ4n) is 7.52. The van der Waals surface area contributed by atoms with Gasteiger partial charge >= 0.3 is 5.97 Å². The fourth-order valence-corrected chi connectivity index (χ4v) is 7.52. The van der Waals surface area contributed by atoms with Crippen LogP contribution in [0.3, 0.4) is 0 Å². The van der Waals surface area contributed by atoms with Gasteiger partial charge in [0, 0.05) is 17.5 Å². The summed E-state index contributed by atoms with van der Waals surface area (Å²) in [6, 6.07) is 3.73. The Morgan fingerprint density at radius 1 is 1.02 bits per heavy atom. The highest BCUT2D eigenvalue weighted by Gasteiger charge is 2.71. The number of carbonyl (C=O) groups excluding carboxylic acids is 5. The van der Waals surface area contributed by atoms with Crippen LogP contribution in [-0.4, -0.2) is 79.1 Å². The number of rotatable bonds is 1. The van der Waals surface area contributed by atoms with Gasteiger partial charge < -0.3 is 35.0 Å². The van der Waals surface area contributed by atoms with Crippen molar-refractivity contribution in [3.63, 3.8) is 0 Å². The zero-order chi connectivity index (χ0) is 31.0. The van der Waals surface area contributed by atoms with E-state index < -0.39 is 104 Å². The number of ketones is 4. The van der Waals surface area contributed by atoms with Gasteiger partial charge in [0.1, 0.15) is 34.7 Å². The Morgan fingerprint density at radius 3 is 2.42 bits per heavy atom. The van der Waals surface area contributed by atoms with Crippen molar-refractivity contribution in [1.29, 1.82) is 0 Å². The van der Waals surface area contributed by atoms with Crippen molar-refractivity contribution in [2.24, 2.45) is 5.41 Å². The van der Waals surface area contributed by atoms with Crippen LogP contribution in [0, 0.1) is 12.3 Å². The third kappa shape index (κ3) is 2.85. The molecular weight excluding hydrogens is 564 g/mol. The molecular formula is C31H24O12. The number of carbonyl (C=O) groups is 5. The van der Waals surface area contributed by atoms with Crippen molar-refractivity contribution in [3.8, 4) is 17.2 Å². The molecule has 43 heavy (non-hydrogen) atoms. The number of esters is 1. The first-order valence-corrected chi connectivity index (χ1v) is 13.5. The summed E-state index contributed by atoms with van der Waals surface area (Å²) in [6.07, 6.45) is -0.146. The lowest BCUT2D eigenvalue weighted by Gasteiger charge is -2.47. The van der Waals surface area contributed by atoms with E-state index in [9.17, 15) is 49.5 Å². The number of Topliss-reactive ketones (excluding diaryl/α,β-unsaturated/α-hetero) is 4. The summed E-state index contributed by atoms with van der Waals surface area (Å²) < 4.78 is 11.0. The van der Waals surface area contributed by atoms with Crippen molar-refractivity contribution in [2.75, 3.05) is 7.11 Å². The molecule has 1 saturated carbocycles. The Morgan fingerprint density at radius 2 is 1.72 bits per heavy atom. The lowest BCUT2D eigenvalue weighted by atomic mass is 9.54. The lowest BCUT2D eigenvalue weighted by Crippen LogP contribution is -2.67. The topological polar surface area (TPSA) is 205 Å². The van der Waals surface area contributed by atoms with Gasteiger partial charge in [-0.15, -0.1) is 0 Å². The molecule has 6 aliphatic rings. The molecule has 5 aliphatic carbocycles. The molecule has 1 aliphatic heterocycles. The molecule has 1 spiro atoms. The summed E-state index contributed by atoms with van der Waals surface area (Å²) in [4.78, 5) is 68.5. The molecule has 5 atom stereocenters. The minimum absolute atomic E-state index is 0.0601. The van der Waals surface area contributed by atoms with Crippen LogP contribution in [0.25, 0.3) is 5.76 Å². The smallest absolute Gasteiger partial charge is 0.358 e. The van der Waals surface area contributed by atoms with Crippen molar-refractivity contribution in [2.45, 2.75) is 49.4 Å². The lowest BCUT2D eigenvalue weighted by molar-refractivity contribution is -0.169. The number of phenolic OH excluding ortho intramolecular Hbond substituents is 2. The quantitative estimate of drug-likeness (QED) is 0.182. The summed E-state index contributed by atoms with van der Waals surface area (Å²) in [7, 11) is 0.985. The van der Waals surface area contributed by atoms with Crippen LogP contribution in [0.1, 0.15) is 61.7 Å². The van der Waals surface area contributed by atoms with Crippen LogP contribution in [0.2, 0.25) is 0 Å². The molecule has 8 rings (SSSR count). The van der Waals surface area contributed by atoms with E-state index in [4.69, 9.17) is 9.47 Å². The number of ether oxygens (including phenoxy) is 2. The van der Waals surface area contributed by atoms with Gasteiger partial charge in [0.2, 0.25) is 11.4 Å². The highest BCUT2D eigenvalue weighted by Crippen LogP contribution is 2.60. The number of hydrogen-bond donors (Lipinski definition) is 5. The predicted molar refractivity (Wildman–Crippen MR) is 143 cm³/mol. The molecule has 12 nitrogen and oxygen atoms in total. The van der Waals surface area contributed by atoms with Gasteiger partial charge in [0.05, 0.1) is 29.6 Å². The molecule has 12 heteroatoms. The van der Waals surface area contributed by atoms with Gasteiger partial charge in [-0.25, -0.2) is 4.79 Å². The van der Waals surface area contributed by atoms with Crippen LogP contribution in [0.15, 0.2) is 35.9 Å². The maximum Gasteiger partial charge on any atom is 0.358 e. The van der Waals surface area contributed by atoms with Crippen molar-refractivity contribution in [3.05, 3.63) is 69.3 Å². The molecule has 0 amide bonds. The predicted octanol–water partition coefficient (Wildman–Crippen LogP) is 1.28. The Labute approximate surface area is 242 Å². The first-order valence-electron chi connectivity index (χ1n) is 13.5. The van der Waals surface area contributed by atoms with Crippen LogP contribution < -0.4 is 4.74 Å². The largest absolute Gasteiger partial charge is 0.507 e. The van der Waals surface area contributed by atoms with Gasteiger partial charge in [-0.1, -0.05) is 12.2 Å². The van der Waals surface area contributed by atoms with Gasteiger partial charge in [0.15, 0.2) is 17.3 Å². The third-order valence-electron chi connectivity index (χ3n) is 9.48. The monoisotopic (exact) mass is 588 g/mol. The van der Waals surface area contributed by atoms with Crippen molar-refractivity contribution < 1.29 is 59.0 Å². The summed E-state index contributed by atoms with van der Waals surface area (Å²) in [5, 5.41) is 56.2. The maximum absolute atomic E-state index is 14.2. The molecule has 0 aromatic heterocycles. The molecule has 1 fully saturated rings. The zero-order valence-corrected chi connectivity index (χ0v) is 22.8. The number of allylic oxidation sites excluding steroid dienone is 1. The second-order valence-electron chi connectivity index (χ2n) is 11.6. The van der Waals surface area contributed by atoms with E-state index >= 15 is 0 Å². The number of aryl methyl sites for hydroxylation is 1. The van der Waals surface area contributed by atoms with E-state index in [-0.39, 0.29) is 29.5 Å². The van der Waals surface area contributed by atoms with E-state index in [0.29, 0.717) is 5.56 Å². The Balaban J connectivity index is 1.53. The van der Waals surface area contributed by atoms with E-state index in [0.717, 1.165) is 13.2 Å². The van der Waals surface area contributed by atoms with Crippen LogP contribution >= 0.6 is 0 Å². The molecule has 0 saturated heterocycles. The average Bonchev–Trinajstić information content (AvgIpc) is 3.17. The van der Waals surface area contributed by atoms with Gasteiger partial charge in [-0.3, -0.25) is 19.2 Å². The number of aliphatic hydroxyl groups is 3. The number of methoxy groups -OCH3 is 1. The van der Waals surface area contributed by atoms with Crippen LogP contribution in [-0.2, 0) is 25.5 Å². The number of hydrogen-bond acceptors (Lipinski definition) is 12. The molecule has 0 unspecified atom stereocenters.